The Kier molecular flexibility index (Phi) is 3.87. The number of likely N-dealkylation sites (tertiary alicyclic amines) is 1. The molecule has 1 fully saturated rings. The smallest absolute Gasteiger partial charge is 0.257 e. The van der Waals surface area contributed by atoms with Gasteiger partial charge in [0, 0.05) is 18.7 Å². The molecule has 1 unspecified atom stereocenters. The summed E-state index contributed by atoms with van der Waals surface area (Å²) in [6, 6.07) is 12.0. The second kappa shape index (κ2) is 6.20. The van der Waals surface area contributed by atoms with Crippen LogP contribution in [-0.4, -0.2) is 38.9 Å². The van der Waals surface area contributed by atoms with Crippen LogP contribution in [-0.2, 0) is 0 Å². The SMILES string of the molecule is Cc1cc(C(=O)N2CCC(n3cc(-c4ccccc4)nn3)C2)c(C)o1. The van der Waals surface area contributed by atoms with Gasteiger partial charge in [-0.1, -0.05) is 35.5 Å². The Morgan fingerprint density at radius 2 is 2.04 bits per heavy atom. The van der Waals surface area contributed by atoms with Crippen LogP contribution in [0.15, 0.2) is 47.0 Å². The molecule has 25 heavy (non-hydrogen) atoms. The summed E-state index contributed by atoms with van der Waals surface area (Å²) in [7, 11) is 0. The van der Waals surface area contributed by atoms with Crippen molar-refractivity contribution in [3.8, 4) is 11.3 Å². The maximum Gasteiger partial charge on any atom is 0.257 e. The van der Waals surface area contributed by atoms with Gasteiger partial charge < -0.3 is 9.32 Å². The van der Waals surface area contributed by atoms with Gasteiger partial charge in [-0.15, -0.1) is 5.10 Å². The van der Waals surface area contributed by atoms with Gasteiger partial charge in [0.1, 0.15) is 17.2 Å². The fourth-order valence-electron chi connectivity index (χ4n) is 3.35. The van der Waals surface area contributed by atoms with Crippen molar-refractivity contribution in [3.05, 3.63) is 59.7 Å². The molecule has 1 saturated heterocycles. The average molecular weight is 336 g/mol. The lowest BCUT2D eigenvalue weighted by molar-refractivity contribution is 0.0785. The van der Waals surface area contributed by atoms with E-state index < -0.39 is 0 Å². The van der Waals surface area contributed by atoms with Gasteiger partial charge in [-0.05, 0) is 26.3 Å². The molecule has 1 aromatic carbocycles. The van der Waals surface area contributed by atoms with Crippen LogP contribution >= 0.6 is 0 Å². The van der Waals surface area contributed by atoms with Crippen molar-refractivity contribution < 1.29 is 9.21 Å². The third kappa shape index (κ3) is 2.95. The molecular weight excluding hydrogens is 316 g/mol. The van der Waals surface area contributed by atoms with E-state index in [9.17, 15) is 4.79 Å². The Balaban J connectivity index is 1.49. The summed E-state index contributed by atoms with van der Waals surface area (Å²) in [6.07, 6.45) is 2.83. The van der Waals surface area contributed by atoms with Crippen LogP contribution < -0.4 is 0 Å². The molecule has 6 heteroatoms. The molecule has 0 N–H and O–H groups in total. The largest absolute Gasteiger partial charge is 0.466 e. The zero-order valence-electron chi connectivity index (χ0n) is 14.3. The summed E-state index contributed by atoms with van der Waals surface area (Å²) in [4.78, 5) is 14.6. The highest BCUT2D eigenvalue weighted by atomic mass is 16.3. The van der Waals surface area contributed by atoms with E-state index in [1.165, 1.54) is 0 Å². The number of rotatable bonds is 3. The Morgan fingerprint density at radius 3 is 2.76 bits per heavy atom. The van der Waals surface area contributed by atoms with Crippen LogP contribution in [0.3, 0.4) is 0 Å². The lowest BCUT2D eigenvalue weighted by Crippen LogP contribution is -2.29. The minimum atomic E-state index is 0.0280. The molecule has 6 nitrogen and oxygen atoms in total. The average Bonchev–Trinajstić information content (AvgIpc) is 3.34. The van der Waals surface area contributed by atoms with Crippen molar-refractivity contribution in [2.24, 2.45) is 0 Å². The van der Waals surface area contributed by atoms with E-state index in [0.717, 1.165) is 23.4 Å². The maximum absolute atomic E-state index is 12.7. The predicted molar refractivity (Wildman–Crippen MR) is 93.2 cm³/mol. The Labute approximate surface area is 146 Å². The van der Waals surface area contributed by atoms with E-state index in [4.69, 9.17) is 4.42 Å². The molecule has 3 heterocycles. The van der Waals surface area contributed by atoms with Gasteiger partial charge in [0.15, 0.2) is 0 Å². The number of hydrogen-bond donors (Lipinski definition) is 0. The van der Waals surface area contributed by atoms with Gasteiger partial charge in [0.2, 0.25) is 0 Å². The first-order valence-electron chi connectivity index (χ1n) is 8.45. The molecule has 1 atom stereocenters. The molecular formula is C19H20N4O2. The molecule has 0 aliphatic carbocycles. The second-order valence-corrected chi connectivity index (χ2v) is 6.47. The minimum absolute atomic E-state index is 0.0280. The summed E-state index contributed by atoms with van der Waals surface area (Å²) in [5.74, 6) is 1.47. The first-order valence-corrected chi connectivity index (χ1v) is 8.45. The number of carbonyl (C=O) groups excluding carboxylic acids is 1. The summed E-state index contributed by atoms with van der Waals surface area (Å²) in [5, 5.41) is 8.54. The van der Waals surface area contributed by atoms with Crippen LogP contribution in [0.4, 0.5) is 0 Å². The number of furan rings is 1. The van der Waals surface area contributed by atoms with Crippen molar-refractivity contribution in [1.82, 2.24) is 19.9 Å². The quantitative estimate of drug-likeness (QED) is 0.736. The Bertz CT molecular complexity index is 897. The van der Waals surface area contributed by atoms with Gasteiger partial charge in [-0.3, -0.25) is 4.79 Å². The van der Waals surface area contributed by atoms with Gasteiger partial charge >= 0.3 is 0 Å². The molecule has 2 aromatic heterocycles. The fraction of sp³-hybridized carbons (Fsp3) is 0.316. The molecule has 3 aromatic rings. The molecule has 0 radical (unpaired) electrons. The van der Waals surface area contributed by atoms with Crippen LogP contribution in [0, 0.1) is 13.8 Å². The molecule has 4 rings (SSSR count). The molecule has 1 aliphatic heterocycles. The Morgan fingerprint density at radius 1 is 1.24 bits per heavy atom. The van der Waals surface area contributed by atoms with Crippen molar-refractivity contribution in [3.63, 3.8) is 0 Å². The van der Waals surface area contributed by atoms with E-state index in [0.29, 0.717) is 24.4 Å². The molecule has 1 amide bonds. The molecule has 0 spiro atoms. The summed E-state index contributed by atoms with van der Waals surface area (Å²) >= 11 is 0. The number of benzene rings is 1. The van der Waals surface area contributed by atoms with Gasteiger partial charge in [0.05, 0.1) is 17.8 Å². The monoisotopic (exact) mass is 336 g/mol. The number of aromatic nitrogens is 3. The number of carbonyl (C=O) groups is 1. The first-order chi connectivity index (χ1) is 12.1. The molecule has 128 valence electrons. The van der Waals surface area contributed by atoms with E-state index in [-0.39, 0.29) is 11.9 Å². The van der Waals surface area contributed by atoms with E-state index >= 15 is 0 Å². The predicted octanol–water partition coefficient (Wildman–Crippen LogP) is 3.24. The van der Waals surface area contributed by atoms with Crippen molar-refractivity contribution >= 4 is 5.91 Å². The maximum atomic E-state index is 12.7. The number of amides is 1. The fourth-order valence-corrected chi connectivity index (χ4v) is 3.35. The normalized spacial score (nSPS) is 17.2. The summed E-state index contributed by atoms with van der Waals surface area (Å²) in [6.45, 7) is 5.04. The molecule has 0 bridgehead atoms. The van der Waals surface area contributed by atoms with Crippen LogP contribution in [0.2, 0.25) is 0 Å². The van der Waals surface area contributed by atoms with Gasteiger partial charge in [0.25, 0.3) is 5.91 Å². The van der Waals surface area contributed by atoms with E-state index in [1.54, 1.807) is 0 Å². The molecule has 1 aliphatic rings. The highest BCUT2D eigenvalue weighted by molar-refractivity contribution is 5.95. The minimum Gasteiger partial charge on any atom is -0.466 e. The lowest BCUT2D eigenvalue weighted by Gasteiger charge is -2.16. The standard InChI is InChI=1S/C19H20N4O2/c1-13-10-17(14(2)25-13)19(24)22-9-8-16(11-22)23-12-18(20-21-23)15-6-4-3-5-7-15/h3-7,10,12,16H,8-9,11H2,1-2H3. The van der Waals surface area contributed by atoms with Crippen molar-refractivity contribution in [2.45, 2.75) is 26.3 Å². The second-order valence-electron chi connectivity index (χ2n) is 6.47. The highest BCUT2D eigenvalue weighted by Gasteiger charge is 2.30. The van der Waals surface area contributed by atoms with Crippen molar-refractivity contribution in [1.29, 1.82) is 0 Å². The zero-order valence-corrected chi connectivity index (χ0v) is 14.3. The molecule has 0 saturated carbocycles. The highest BCUT2D eigenvalue weighted by Crippen LogP contribution is 2.26. The van der Waals surface area contributed by atoms with Crippen LogP contribution in [0.5, 0.6) is 0 Å². The number of aryl methyl sites for hydroxylation is 2. The lowest BCUT2D eigenvalue weighted by atomic mass is 10.2. The van der Waals surface area contributed by atoms with Crippen LogP contribution in [0.1, 0.15) is 34.3 Å². The van der Waals surface area contributed by atoms with Gasteiger partial charge in [-0.2, -0.15) is 0 Å². The summed E-state index contributed by atoms with van der Waals surface area (Å²) in [5.41, 5.74) is 2.55. The van der Waals surface area contributed by atoms with E-state index in [2.05, 4.69) is 10.3 Å². The van der Waals surface area contributed by atoms with Crippen LogP contribution in [0.25, 0.3) is 11.3 Å². The third-order valence-corrected chi connectivity index (χ3v) is 4.68. The topological polar surface area (TPSA) is 64.2 Å². The van der Waals surface area contributed by atoms with Gasteiger partial charge in [-0.25, -0.2) is 4.68 Å². The number of hydrogen-bond acceptors (Lipinski definition) is 4. The van der Waals surface area contributed by atoms with Crippen molar-refractivity contribution in [2.75, 3.05) is 13.1 Å². The zero-order chi connectivity index (χ0) is 17.4. The summed E-state index contributed by atoms with van der Waals surface area (Å²) < 4.78 is 7.36. The first kappa shape index (κ1) is 15.6. The number of nitrogens with zero attached hydrogens (tertiary/aromatic N) is 4. The van der Waals surface area contributed by atoms with E-state index in [1.807, 2.05) is 66.0 Å². The third-order valence-electron chi connectivity index (χ3n) is 4.68. The Hall–Kier alpha value is -2.89.